The predicted octanol–water partition coefficient (Wildman–Crippen LogP) is 3.31. The van der Waals surface area contributed by atoms with Crippen molar-refractivity contribution in [3.05, 3.63) is 53.6 Å². The third-order valence-corrected chi connectivity index (χ3v) is 4.02. The molecule has 142 valence electrons. The molecule has 0 saturated carbocycles. The average Bonchev–Trinajstić information content (AvgIpc) is 2.64. The number of nitrogens with one attached hydrogen (secondary N) is 1. The Morgan fingerprint density at radius 1 is 1.19 bits per heavy atom. The highest BCUT2D eigenvalue weighted by Crippen LogP contribution is 2.31. The van der Waals surface area contributed by atoms with Crippen LogP contribution in [0.15, 0.2) is 36.4 Å². The summed E-state index contributed by atoms with van der Waals surface area (Å²) in [5.41, 5.74) is -0.414. The van der Waals surface area contributed by atoms with E-state index in [1.54, 1.807) is 0 Å². The molecule has 0 radical (unpaired) electrons. The topological polar surface area (TPSA) is 73.9 Å². The Bertz CT molecular complexity index is 851. The number of anilines is 1. The third-order valence-electron chi connectivity index (χ3n) is 4.02. The number of cyclic esters (lactones) is 1. The van der Waals surface area contributed by atoms with E-state index < -0.39 is 29.3 Å². The Balaban J connectivity index is 1.81. The first-order chi connectivity index (χ1) is 13.0. The zero-order valence-corrected chi connectivity index (χ0v) is 14.5. The minimum Gasteiger partial charge on any atom is -0.493 e. The van der Waals surface area contributed by atoms with E-state index in [9.17, 15) is 18.4 Å². The highest BCUT2D eigenvalue weighted by Gasteiger charge is 2.24. The fraction of sp³-hybridized carbons (Fsp3) is 0.263. The maximum atomic E-state index is 13.7. The van der Waals surface area contributed by atoms with E-state index in [0.717, 1.165) is 12.1 Å². The Labute approximate surface area is 154 Å². The summed E-state index contributed by atoms with van der Waals surface area (Å²) in [5.74, 6) is -2.23. The molecule has 2 aromatic carbocycles. The molecule has 1 aliphatic heterocycles. The van der Waals surface area contributed by atoms with Gasteiger partial charge in [0.2, 0.25) is 0 Å². The number of rotatable bonds is 5. The highest BCUT2D eigenvalue weighted by atomic mass is 19.1. The van der Waals surface area contributed by atoms with E-state index in [0.29, 0.717) is 12.2 Å². The van der Waals surface area contributed by atoms with Gasteiger partial charge in [-0.05, 0) is 30.3 Å². The van der Waals surface area contributed by atoms with E-state index >= 15 is 0 Å². The summed E-state index contributed by atoms with van der Waals surface area (Å²) in [6.45, 7) is 0.249. The van der Waals surface area contributed by atoms with Gasteiger partial charge in [-0.25, -0.2) is 8.78 Å². The second kappa shape index (κ2) is 8.03. The highest BCUT2D eigenvalue weighted by molar-refractivity contribution is 6.04. The Morgan fingerprint density at radius 3 is 2.59 bits per heavy atom. The summed E-state index contributed by atoms with van der Waals surface area (Å²) in [6, 6.07) is 7.63. The zero-order chi connectivity index (χ0) is 19.4. The summed E-state index contributed by atoms with van der Waals surface area (Å²) in [4.78, 5) is 23.8. The number of benzene rings is 2. The minimum absolute atomic E-state index is 0.0833. The van der Waals surface area contributed by atoms with Gasteiger partial charge in [-0.1, -0.05) is 6.07 Å². The van der Waals surface area contributed by atoms with E-state index in [1.165, 1.54) is 31.4 Å². The molecule has 1 N–H and O–H groups in total. The molecule has 1 fully saturated rings. The molecule has 0 aromatic heterocycles. The lowest BCUT2D eigenvalue weighted by molar-refractivity contribution is -0.150. The Kier molecular flexibility index (Phi) is 5.54. The van der Waals surface area contributed by atoms with Crippen LogP contribution < -0.4 is 14.8 Å². The molecular weight excluding hydrogens is 360 g/mol. The number of hydrogen-bond donors (Lipinski definition) is 1. The van der Waals surface area contributed by atoms with Crippen molar-refractivity contribution in [2.75, 3.05) is 19.0 Å². The molecule has 1 atom stereocenters. The van der Waals surface area contributed by atoms with Crippen molar-refractivity contribution in [1.29, 1.82) is 0 Å². The fourth-order valence-corrected chi connectivity index (χ4v) is 2.64. The molecule has 2 aromatic rings. The first kappa shape index (κ1) is 18.6. The van der Waals surface area contributed by atoms with Crippen LogP contribution >= 0.6 is 0 Å². The quantitative estimate of drug-likeness (QED) is 0.810. The predicted molar refractivity (Wildman–Crippen MR) is 91.9 cm³/mol. The van der Waals surface area contributed by atoms with Crippen LogP contribution in [-0.2, 0) is 9.53 Å². The number of halogens is 2. The lowest BCUT2D eigenvalue weighted by Crippen LogP contribution is -2.29. The van der Waals surface area contributed by atoms with Gasteiger partial charge in [0.15, 0.2) is 11.5 Å². The van der Waals surface area contributed by atoms with Crippen LogP contribution in [0.3, 0.4) is 0 Å². The van der Waals surface area contributed by atoms with Gasteiger partial charge in [-0.3, -0.25) is 9.59 Å². The molecule has 0 aliphatic carbocycles. The summed E-state index contributed by atoms with van der Waals surface area (Å²) >= 11 is 0. The molecule has 0 spiro atoms. The van der Waals surface area contributed by atoms with Crippen LogP contribution in [0.2, 0.25) is 0 Å². The number of para-hydroxylation sites is 1. The molecule has 0 bridgehead atoms. The van der Waals surface area contributed by atoms with Crippen molar-refractivity contribution in [3.8, 4) is 11.5 Å². The maximum Gasteiger partial charge on any atom is 0.309 e. The number of carbonyl (C=O) groups excluding carboxylic acids is 2. The van der Waals surface area contributed by atoms with Gasteiger partial charge in [0, 0.05) is 12.0 Å². The van der Waals surface area contributed by atoms with E-state index in [4.69, 9.17) is 14.2 Å². The monoisotopic (exact) mass is 377 g/mol. The van der Waals surface area contributed by atoms with Crippen LogP contribution in [0, 0.1) is 11.6 Å². The van der Waals surface area contributed by atoms with Crippen LogP contribution in [0.1, 0.15) is 23.2 Å². The molecule has 1 heterocycles. The van der Waals surface area contributed by atoms with Gasteiger partial charge in [-0.15, -0.1) is 0 Å². The molecule has 1 saturated heterocycles. The second-order valence-electron chi connectivity index (χ2n) is 5.87. The van der Waals surface area contributed by atoms with Gasteiger partial charge in [0.05, 0.1) is 20.1 Å². The molecule has 3 rings (SSSR count). The van der Waals surface area contributed by atoms with Gasteiger partial charge >= 0.3 is 5.97 Å². The van der Waals surface area contributed by atoms with Crippen LogP contribution in [0.25, 0.3) is 0 Å². The summed E-state index contributed by atoms with van der Waals surface area (Å²) in [5, 5.41) is 2.21. The normalized spacial score (nSPS) is 16.4. The Hall–Kier alpha value is -3.16. The van der Waals surface area contributed by atoms with Crippen molar-refractivity contribution in [3.63, 3.8) is 0 Å². The fourth-order valence-electron chi connectivity index (χ4n) is 2.64. The standard InChI is InChI=1S/C19H17F2NO5/c1-25-15-6-5-11(9-16(15)27-12-7-8-26-17(23)10-12)19(24)22-18-13(20)3-2-4-14(18)21/h2-6,9,12H,7-8,10H2,1H3,(H,22,24). The number of esters is 1. The first-order valence-corrected chi connectivity index (χ1v) is 8.23. The van der Waals surface area contributed by atoms with E-state index in [1.807, 2.05) is 0 Å². The van der Waals surface area contributed by atoms with Gasteiger partial charge < -0.3 is 19.5 Å². The van der Waals surface area contributed by atoms with Crippen molar-refractivity contribution < 1.29 is 32.6 Å². The SMILES string of the molecule is COc1ccc(C(=O)Nc2c(F)cccc2F)cc1OC1CCOC(=O)C1. The average molecular weight is 377 g/mol. The lowest BCUT2D eigenvalue weighted by atomic mass is 10.1. The van der Waals surface area contributed by atoms with Crippen molar-refractivity contribution in [1.82, 2.24) is 0 Å². The minimum atomic E-state index is -0.881. The molecule has 27 heavy (non-hydrogen) atoms. The summed E-state index contributed by atoms with van der Waals surface area (Å²) in [7, 11) is 1.44. The van der Waals surface area contributed by atoms with Crippen LogP contribution in [-0.4, -0.2) is 31.7 Å². The largest absolute Gasteiger partial charge is 0.493 e. The summed E-state index contributed by atoms with van der Waals surface area (Å²) in [6.07, 6.45) is 0.175. The first-order valence-electron chi connectivity index (χ1n) is 8.23. The lowest BCUT2D eigenvalue weighted by Gasteiger charge is -2.23. The molecule has 6 nitrogen and oxygen atoms in total. The molecule has 8 heteroatoms. The van der Waals surface area contributed by atoms with E-state index in [-0.39, 0.29) is 30.3 Å². The van der Waals surface area contributed by atoms with Crippen molar-refractivity contribution in [2.45, 2.75) is 18.9 Å². The van der Waals surface area contributed by atoms with Gasteiger partial charge in [0.25, 0.3) is 5.91 Å². The molecular formula is C19H17F2NO5. The third kappa shape index (κ3) is 4.33. The van der Waals surface area contributed by atoms with Crippen LogP contribution in [0.4, 0.5) is 14.5 Å². The van der Waals surface area contributed by atoms with Gasteiger partial charge in [0.1, 0.15) is 23.4 Å². The molecule has 1 aliphatic rings. The van der Waals surface area contributed by atoms with Crippen molar-refractivity contribution >= 4 is 17.6 Å². The number of ether oxygens (including phenoxy) is 3. The van der Waals surface area contributed by atoms with Crippen LogP contribution in [0.5, 0.6) is 11.5 Å². The molecule has 1 unspecified atom stereocenters. The van der Waals surface area contributed by atoms with E-state index in [2.05, 4.69) is 5.32 Å². The number of amides is 1. The summed E-state index contributed by atoms with van der Waals surface area (Å²) < 4.78 is 43.3. The second-order valence-corrected chi connectivity index (χ2v) is 5.87. The maximum absolute atomic E-state index is 13.7. The number of hydrogen-bond acceptors (Lipinski definition) is 5. The Morgan fingerprint density at radius 2 is 1.93 bits per heavy atom. The smallest absolute Gasteiger partial charge is 0.309 e. The number of methoxy groups -OCH3 is 1. The number of carbonyl (C=O) groups is 2. The van der Waals surface area contributed by atoms with Crippen molar-refractivity contribution in [2.24, 2.45) is 0 Å². The zero-order valence-electron chi connectivity index (χ0n) is 14.5. The van der Waals surface area contributed by atoms with Gasteiger partial charge in [-0.2, -0.15) is 0 Å². The molecule has 1 amide bonds.